The van der Waals surface area contributed by atoms with Crippen LogP contribution in [-0.4, -0.2) is 61.5 Å². The minimum absolute atomic E-state index is 0.0000979. The second kappa shape index (κ2) is 8.55. The molecule has 0 aliphatic carbocycles. The number of aliphatic hydroxyl groups is 1. The van der Waals surface area contributed by atoms with Crippen molar-refractivity contribution in [1.82, 2.24) is 4.90 Å². The Bertz CT molecular complexity index is 1170. The largest absolute Gasteiger partial charge is 0.507 e. The molecule has 2 aliphatic heterocycles. The van der Waals surface area contributed by atoms with E-state index in [1.807, 2.05) is 0 Å². The number of fused-ring (bicyclic) bond motifs is 2. The maximum absolute atomic E-state index is 13.7. The first kappa shape index (κ1) is 22.3. The van der Waals surface area contributed by atoms with Gasteiger partial charge in [-0.15, -0.1) is 0 Å². The Morgan fingerprint density at radius 1 is 1.12 bits per heavy atom. The van der Waals surface area contributed by atoms with Crippen LogP contribution in [0.1, 0.15) is 11.1 Å². The highest BCUT2D eigenvalue weighted by atomic mass is 16.5. The lowest BCUT2D eigenvalue weighted by Gasteiger charge is -2.34. The Morgan fingerprint density at radius 2 is 1.82 bits per heavy atom. The Kier molecular flexibility index (Phi) is 5.78. The molecule has 8 heteroatoms. The number of ketones is 1. The minimum Gasteiger partial charge on any atom is -0.507 e. The molecule has 1 saturated heterocycles. The van der Waals surface area contributed by atoms with Gasteiger partial charge in [-0.2, -0.15) is 0 Å². The molecule has 1 atom stereocenters. The van der Waals surface area contributed by atoms with E-state index in [-0.39, 0.29) is 24.3 Å². The molecule has 0 radical (unpaired) electrons. The van der Waals surface area contributed by atoms with Crippen LogP contribution in [0.2, 0.25) is 0 Å². The van der Waals surface area contributed by atoms with E-state index >= 15 is 0 Å². The predicted molar refractivity (Wildman–Crippen MR) is 122 cm³/mol. The first-order valence-electron chi connectivity index (χ1n) is 10.4. The number of likely N-dealkylation sites (tertiary alicyclic amines) is 1. The van der Waals surface area contributed by atoms with Gasteiger partial charge in [-0.3, -0.25) is 14.4 Å². The Balaban J connectivity index is 1.94. The van der Waals surface area contributed by atoms with Gasteiger partial charge in [-0.25, -0.2) is 0 Å². The summed E-state index contributed by atoms with van der Waals surface area (Å²) in [5.74, 6) is -2.16. The van der Waals surface area contributed by atoms with Crippen molar-refractivity contribution in [3.63, 3.8) is 0 Å². The normalized spacial score (nSPS) is 21.1. The number of carbonyl (C=O) groups is 3. The number of hydrogen-bond acceptors (Lipinski definition) is 6. The summed E-state index contributed by atoms with van der Waals surface area (Å²) in [6.45, 7) is 4.03. The van der Waals surface area contributed by atoms with Crippen LogP contribution >= 0.6 is 0 Å². The summed E-state index contributed by atoms with van der Waals surface area (Å²) in [5.41, 5.74) is -0.735. The zero-order chi connectivity index (χ0) is 23.8. The van der Waals surface area contributed by atoms with E-state index < -0.39 is 28.9 Å². The van der Waals surface area contributed by atoms with Gasteiger partial charge in [0.2, 0.25) is 0 Å². The Hall–Kier alpha value is -3.91. The topological polar surface area (TPSA) is 96.4 Å². The average molecular weight is 448 g/mol. The summed E-state index contributed by atoms with van der Waals surface area (Å²) in [5, 5.41) is 11.3. The molecule has 4 rings (SSSR count). The molecule has 33 heavy (non-hydrogen) atoms. The quantitative estimate of drug-likeness (QED) is 0.303. The molecule has 2 aliphatic rings. The van der Waals surface area contributed by atoms with E-state index in [4.69, 9.17) is 9.47 Å². The molecule has 0 unspecified atom stereocenters. The van der Waals surface area contributed by atoms with Crippen LogP contribution in [-0.2, 0) is 24.7 Å². The van der Waals surface area contributed by atoms with E-state index in [0.717, 1.165) is 0 Å². The average Bonchev–Trinajstić information content (AvgIpc) is 3.19. The highest BCUT2D eigenvalue weighted by Crippen LogP contribution is 2.53. The molecule has 0 bridgehead atoms. The molecule has 2 aromatic rings. The summed E-state index contributed by atoms with van der Waals surface area (Å²) >= 11 is 0. The molecule has 170 valence electrons. The molecule has 1 N–H and O–H groups in total. The first-order valence-corrected chi connectivity index (χ1v) is 10.4. The van der Waals surface area contributed by atoms with Gasteiger partial charge >= 0.3 is 0 Å². The lowest BCUT2D eigenvalue weighted by atomic mass is 9.82. The Morgan fingerprint density at radius 3 is 2.48 bits per heavy atom. The van der Waals surface area contributed by atoms with Crippen LogP contribution < -0.4 is 9.64 Å². The number of ether oxygens (including phenoxy) is 2. The molecule has 0 aromatic heterocycles. The van der Waals surface area contributed by atoms with Crippen LogP contribution in [0.15, 0.2) is 66.8 Å². The number of aliphatic hydroxyl groups excluding tert-OH is 1. The summed E-state index contributed by atoms with van der Waals surface area (Å²) in [4.78, 5) is 42.7. The van der Waals surface area contributed by atoms with Crippen molar-refractivity contribution in [2.45, 2.75) is 5.54 Å². The third-order valence-electron chi connectivity index (χ3n) is 5.95. The number of hydrogen-bond donors (Lipinski definition) is 1. The number of para-hydroxylation sites is 1. The van der Waals surface area contributed by atoms with Crippen molar-refractivity contribution in [2.75, 3.05) is 38.8 Å². The van der Waals surface area contributed by atoms with E-state index in [0.29, 0.717) is 23.6 Å². The van der Waals surface area contributed by atoms with Gasteiger partial charge in [0.1, 0.15) is 18.1 Å². The fourth-order valence-corrected chi connectivity index (χ4v) is 4.46. The fraction of sp³-hybridized carbons (Fsp3) is 0.240. The summed E-state index contributed by atoms with van der Waals surface area (Å²) in [7, 11) is 3.05. The van der Waals surface area contributed by atoms with Gasteiger partial charge in [0.15, 0.2) is 5.54 Å². The van der Waals surface area contributed by atoms with Crippen LogP contribution in [0.3, 0.4) is 0 Å². The van der Waals surface area contributed by atoms with Gasteiger partial charge in [-0.1, -0.05) is 30.9 Å². The SMILES string of the molecule is C=CCOc1ccc(C(O)=C2C(=O)C(=O)N(CCOC)[C@]23C(=O)N(C)c2ccccc23)cc1. The van der Waals surface area contributed by atoms with Crippen LogP contribution in [0.25, 0.3) is 5.76 Å². The number of anilines is 1. The monoisotopic (exact) mass is 448 g/mol. The van der Waals surface area contributed by atoms with Crippen LogP contribution in [0.5, 0.6) is 5.75 Å². The molecule has 2 heterocycles. The van der Waals surface area contributed by atoms with Crippen molar-refractivity contribution in [2.24, 2.45) is 0 Å². The van der Waals surface area contributed by atoms with E-state index in [1.165, 1.54) is 16.9 Å². The number of nitrogens with zero attached hydrogens (tertiary/aromatic N) is 2. The second-order valence-corrected chi connectivity index (χ2v) is 7.72. The van der Waals surface area contributed by atoms with Crippen LogP contribution in [0, 0.1) is 0 Å². The van der Waals surface area contributed by atoms with Gasteiger partial charge in [0, 0.05) is 37.5 Å². The minimum atomic E-state index is -1.78. The molecule has 8 nitrogen and oxygen atoms in total. The van der Waals surface area contributed by atoms with Gasteiger partial charge < -0.3 is 24.4 Å². The molecule has 2 amide bonds. The standard InChI is InChI=1S/C25H24N2O6/c1-4-14-33-17-11-9-16(10-12-17)21(28)20-22(29)23(30)27(13-15-32-3)25(20)18-7-5-6-8-19(18)26(2)24(25)31/h4-12,28H,1,13-15H2,2-3H3/t25-/m0/s1. The number of likely N-dealkylation sites (N-methyl/N-ethyl adjacent to an activating group) is 1. The number of rotatable bonds is 7. The molecule has 2 aromatic carbocycles. The number of methoxy groups -OCH3 is 1. The van der Waals surface area contributed by atoms with Crippen molar-refractivity contribution in [3.05, 3.63) is 77.9 Å². The molecular weight excluding hydrogens is 424 g/mol. The lowest BCUT2D eigenvalue weighted by molar-refractivity contribution is -0.144. The summed E-state index contributed by atoms with van der Waals surface area (Å²) < 4.78 is 10.6. The van der Waals surface area contributed by atoms with Gasteiger partial charge in [-0.05, 0) is 30.3 Å². The maximum atomic E-state index is 13.7. The van der Waals surface area contributed by atoms with E-state index in [9.17, 15) is 19.5 Å². The van der Waals surface area contributed by atoms with Crippen molar-refractivity contribution in [1.29, 1.82) is 0 Å². The zero-order valence-corrected chi connectivity index (χ0v) is 18.4. The van der Waals surface area contributed by atoms with Crippen molar-refractivity contribution in [3.8, 4) is 5.75 Å². The first-order chi connectivity index (χ1) is 15.9. The van der Waals surface area contributed by atoms with Crippen molar-refractivity contribution < 1.29 is 29.0 Å². The predicted octanol–water partition coefficient (Wildman–Crippen LogP) is 2.45. The van der Waals surface area contributed by atoms with Crippen molar-refractivity contribution >= 4 is 29.0 Å². The van der Waals surface area contributed by atoms with Gasteiger partial charge in [0.25, 0.3) is 17.6 Å². The fourth-order valence-electron chi connectivity index (χ4n) is 4.46. The van der Waals surface area contributed by atoms with Crippen LogP contribution in [0.4, 0.5) is 5.69 Å². The maximum Gasteiger partial charge on any atom is 0.296 e. The highest BCUT2D eigenvalue weighted by molar-refractivity contribution is 6.50. The molecule has 0 saturated carbocycles. The third-order valence-corrected chi connectivity index (χ3v) is 5.95. The third kappa shape index (κ3) is 3.22. The smallest absolute Gasteiger partial charge is 0.296 e. The summed E-state index contributed by atoms with van der Waals surface area (Å²) in [6.07, 6.45) is 1.61. The lowest BCUT2D eigenvalue weighted by Crippen LogP contribution is -2.52. The summed E-state index contributed by atoms with van der Waals surface area (Å²) in [6, 6.07) is 13.3. The van der Waals surface area contributed by atoms with E-state index in [2.05, 4.69) is 6.58 Å². The molecule has 1 fully saturated rings. The second-order valence-electron chi connectivity index (χ2n) is 7.72. The Labute approximate surface area is 191 Å². The van der Waals surface area contributed by atoms with E-state index in [1.54, 1.807) is 61.7 Å². The zero-order valence-electron chi connectivity index (χ0n) is 18.4. The molecule has 1 spiro atoms. The number of carbonyl (C=O) groups excluding carboxylic acids is 3. The number of benzene rings is 2. The number of amides is 2. The number of Topliss-reactive ketones (excluding diaryl/α,β-unsaturated/α-hetero) is 1. The molecular formula is C25H24N2O6. The van der Waals surface area contributed by atoms with Gasteiger partial charge in [0.05, 0.1) is 12.2 Å². The highest BCUT2D eigenvalue weighted by Gasteiger charge is 2.66.